The summed E-state index contributed by atoms with van der Waals surface area (Å²) in [6, 6.07) is 0. The second-order valence-corrected chi connectivity index (χ2v) is 20.6. The van der Waals surface area contributed by atoms with Crippen LogP contribution in [0.25, 0.3) is 0 Å². The molecule has 0 radical (unpaired) electrons. The van der Waals surface area contributed by atoms with Gasteiger partial charge >= 0.3 is 0 Å². The number of ether oxygens (including phenoxy) is 28. The van der Waals surface area contributed by atoms with Crippen molar-refractivity contribution in [1.82, 2.24) is 0 Å². The average Bonchev–Trinajstić information content (AvgIpc) is 3.04. The molecule has 22 aliphatic rings. The smallest absolute Gasteiger partial charge is 0.187 e. The molecule has 0 saturated carbocycles. The predicted octanol–water partition coefficient (Wildman–Crippen LogP) is -2.59. The second-order valence-electron chi connectivity index (χ2n) is 20.6. The van der Waals surface area contributed by atoms with E-state index in [9.17, 15) is 10.2 Å². The maximum absolute atomic E-state index is 12.1. The first kappa shape index (κ1) is 68.3. The number of hydrogen-bond acceptors (Lipinski definition) is 30. The van der Waals surface area contributed by atoms with Crippen molar-refractivity contribution in [2.45, 2.75) is 184 Å². The van der Waals surface area contributed by atoms with Crippen LogP contribution in [0.2, 0.25) is 0 Å². The summed E-state index contributed by atoms with van der Waals surface area (Å²) in [7, 11) is 23.7. The molecule has 0 aromatic carbocycles. The van der Waals surface area contributed by atoms with Crippen LogP contribution in [0, 0.1) is 0 Å². The maximum Gasteiger partial charge on any atom is 0.187 e. The lowest BCUT2D eigenvalue weighted by molar-refractivity contribution is -0.409. The molecule has 0 aromatic heterocycles. The Morgan fingerprint density at radius 2 is 0.378 bits per heavy atom. The van der Waals surface area contributed by atoms with E-state index in [4.69, 9.17) is 133 Å². The molecule has 82 heavy (non-hydrogen) atoms. The highest BCUT2D eigenvalue weighted by molar-refractivity contribution is 5.03. The van der Waals surface area contributed by atoms with Crippen molar-refractivity contribution in [1.29, 1.82) is 0 Å². The molecule has 2 N–H and O–H groups in total. The minimum absolute atomic E-state index is 0.0213. The molecule has 480 valence electrons. The van der Waals surface area contributed by atoms with Gasteiger partial charge < -0.3 is 143 Å². The van der Waals surface area contributed by atoms with Gasteiger partial charge in [0.15, 0.2) is 37.7 Å². The highest BCUT2D eigenvalue weighted by Gasteiger charge is 2.61. The first-order chi connectivity index (χ1) is 39.8. The molecule has 22 rings (SSSR count). The zero-order valence-corrected chi connectivity index (χ0v) is 49.9. The lowest BCUT2D eigenvalue weighted by Gasteiger charge is -2.53. The van der Waals surface area contributed by atoms with Crippen LogP contribution in [-0.4, -0.2) is 348 Å². The third-order valence-corrected chi connectivity index (χ3v) is 16.1. The highest BCUT2D eigenvalue weighted by atomic mass is 16.8. The summed E-state index contributed by atoms with van der Waals surface area (Å²) in [5.74, 6) is 0. The third kappa shape index (κ3) is 14.6. The standard InChI is InChI=1S/C52H92O30/c1-55-17-23-31-29(53)30(54)47(71-23)78-32-24(18-56-2)73-49(43(67-13)37(32)61-7)80-34-26(20-58-4)75-51(45(69-15)39(34)63-9)82-36-28(22-60-6)76-52(46(70-16)41(36)65-11)81-35-27(21-59-5)74-50(44(68-14)40(35)64-10)79-33-25(19-57-3)72-48(77-31)42(66-12)38(33)62-8/h23-54H,17-22H2,1-16H3/t23-,24-,25-,26-,27-,28-,29-,30-,31-,32-,33-,34-,35-,36-,37+,38+,39+,40+,41+,42-,43-,44-,45-,46-,47-,48-,49-,50-,51-,52-/m1/s1. The van der Waals surface area contributed by atoms with E-state index in [-0.39, 0.29) is 39.6 Å². The number of aliphatic hydroxyl groups excluding tert-OH is 2. The summed E-state index contributed by atoms with van der Waals surface area (Å²) in [6.07, 6.45) is -33.3. The number of methoxy groups -OCH3 is 16. The average molecular weight is 1200 g/mol. The Labute approximate surface area is 479 Å². The number of hydrogen-bond donors (Lipinski definition) is 2. The van der Waals surface area contributed by atoms with Gasteiger partial charge in [-0.3, -0.25) is 0 Å². The van der Waals surface area contributed by atoms with Crippen molar-refractivity contribution in [3.8, 4) is 0 Å². The molecule has 0 aliphatic carbocycles. The van der Waals surface area contributed by atoms with E-state index < -0.39 is 184 Å². The quantitative estimate of drug-likeness (QED) is 0.112. The minimum atomic E-state index is -1.76. The van der Waals surface area contributed by atoms with Gasteiger partial charge in [-0.2, -0.15) is 0 Å². The van der Waals surface area contributed by atoms with E-state index in [0.29, 0.717) is 0 Å². The normalized spacial score (nSPS) is 46.9. The van der Waals surface area contributed by atoms with Gasteiger partial charge in [-0.1, -0.05) is 0 Å². The molecule has 0 unspecified atom stereocenters. The van der Waals surface area contributed by atoms with Crippen LogP contribution in [0.5, 0.6) is 0 Å². The molecular weight excluding hydrogens is 1100 g/mol. The van der Waals surface area contributed by atoms with Crippen molar-refractivity contribution < 1.29 is 143 Å². The molecule has 12 bridgehead atoms. The van der Waals surface area contributed by atoms with Gasteiger partial charge in [0.05, 0.1) is 39.6 Å². The van der Waals surface area contributed by atoms with Crippen LogP contribution in [0.4, 0.5) is 0 Å². The largest absolute Gasteiger partial charge is 0.387 e. The zero-order valence-electron chi connectivity index (χ0n) is 49.9. The molecule has 0 amide bonds. The highest BCUT2D eigenvalue weighted by Crippen LogP contribution is 2.41. The molecule has 22 saturated heterocycles. The molecule has 30 atom stereocenters. The number of aliphatic hydroxyl groups is 2. The van der Waals surface area contributed by atoms with Crippen LogP contribution >= 0.6 is 0 Å². The molecule has 22 fully saturated rings. The second kappa shape index (κ2) is 32.9. The molecule has 30 heteroatoms. The number of rotatable bonds is 22. The zero-order chi connectivity index (χ0) is 59.4. The van der Waals surface area contributed by atoms with E-state index in [1.54, 1.807) is 0 Å². The van der Waals surface area contributed by atoms with Gasteiger partial charge in [0.1, 0.15) is 146 Å². The first-order valence-electron chi connectivity index (χ1n) is 27.2. The van der Waals surface area contributed by atoms with E-state index in [1.165, 1.54) is 114 Å². The Morgan fingerprint density at radius 3 is 0.573 bits per heavy atom. The van der Waals surface area contributed by atoms with Gasteiger partial charge in [-0.15, -0.1) is 0 Å². The fourth-order valence-corrected chi connectivity index (χ4v) is 12.2. The topological polar surface area (TPSA) is 299 Å². The first-order valence-corrected chi connectivity index (χ1v) is 27.2. The van der Waals surface area contributed by atoms with Gasteiger partial charge in [0, 0.05) is 114 Å². The molecule has 30 nitrogen and oxygen atoms in total. The molecular formula is C52H92O30. The van der Waals surface area contributed by atoms with Crippen molar-refractivity contribution in [2.24, 2.45) is 0 Å². The van der Waals surface area contributed by atoms with Gasteiger partial charge in [-0.05, 0) is 0 Å². The Balaban J connectivity index is 1.33. The molecule has 22 aliphatic heterocycles. The summed E-state index contributed by atoms with van der Waals surface area (Å²) in [5, 5.41) is 24.1. The minimum Gasteiger partial charge on any atom is -0.387 e. The van der Waals surface area contributed by atoms with Crippen LogP contribution in [0.1, 0.15) is 0 Å². The van der Waals surface area contributed by atoms with Crippen molar-refractivity contribution >= 4 is 0 Å². The summed E-state index contributed by atoms with van der Waals surface area (Å²) in [6.45, 7) is -0.390. The summed E-state index contributed by atoms with van der Waals surface area (Å²) >= 11 is 0. The molecule has 22 heterocycles. The van der Waals surface area contributed by atoms with E-state index in [2.05, 4.69) is 0 Å². The maximum atomic E-state index is 12.1. The SMILES string of the molecule is COC[C@H]1O[C@@H]2O[C@H]3[C@H](OC)[C@@H](OC)[C@@H](O[C@H]4[C@H](OC)[C@@H](OC)[C@@H](O[C@H]5[C@H](OC)[C@@H](OC)[C@@H](O[C@H]6[C@H](OC)[C@@H](OC)[C@@H](O[C@H]7[C@H](OC)[C@@H](OC)[C@@H](O[C@H]1[C@H](O)[C@H]2O)O[C@@H]7COC)O[C@@H]6COC)O[C@@H]5COC)O[C@@H]4COC)O[C@@H]3COC. The van der Waals surface area contributed by atoms with Gasteiger partial charge in [-0.25, -0.2) is 0 Å². The van der Waals surface area contributed by atoms with Gasteiger partial charge in [0.25, 0.3) is 0 Å². The summed E-state index contributed by atoms with van der Waals surface area (Å²) < 4.78 is 177. The van der Waals surface area contributed by atoms with Crippen molar-refractivity contribution in [2.75, 3.05) is 153 Å². The van der Waals surface area contributed by atoms with Crippen LogP contribution < -0.4 is 0 Å². The van der Waals surface area contributed by atoms with Crippen LogP contribution in [0.3, 0.4) is 0 Å². The summed E-state index contributed by atoms with van der Waals surface area (Å²) in [4.78, 5) is 0. The Morgan fingerprint density at radius 1 is 0.207 bits per heavy atom. The third-order valence-electron chi connectivity index (χ3n) is 16.1. The van der Waals surface area contributed by atoms with Gasteiger partial charge in [0.2, 0.25) is 0 Å². The lowest BCUT2D eigenvalue weighted by atomic mass is 9.94. The Hall–Kier alpha value is -1.20. The van der Waals surface area contributed by atoms with Crippen molar-refractivity contribution in [3.05, 3.63) is 0 Å². The van der Waals surface area contributed by atoms with E-state index in [1.807, 2.05) is 0 Å². The Kier molecular flexibility index (Phi) is 27.4. The Bertz CT molecular complexity index is 1800. The molecule has 0 spiro atoms. The predicted molar refractivity (Wildman–Crippen MR) is 272 cm³/mol. The van der Waals surface area contributed by atoms with E-state index in [0.717, 1.165) is 0 Å². The van der Waals surface area contributed by atoms with E-state index >= 15 is 0 Å². The van der Waals surface area contributed by atoms with Crippen LogP contribution in [-0.2, 0) is 133 Å². The van der Waals surface area contributed by atoms with Crippen LogP contribution in [0.15, 0.2) is 0 Å². The van der Waals surface area contributed by atoms with Crippen molar-refractivity contribution in [3.63, 3.8) is 0 Å². The monoisotopic (exact) mass is 1200 g/mol. The lowest BCUT2D eigenvalue weighted by Crippen LogP contribution is -2.70. The molecule has 0 aromatic rings. The fraction of sp³-hybridized carbons (Fsp3) is 1.00. The fourth-order valence-electron chi connectivity index (χ4n) is 12.2. The summed E-state index contributed by atoms with van der Waals surface area (Å²) in [5.41, 5.74) is 0.